The number of carbonyl (C=O) groups is 1. The van der Waals surface area contributed by atoms with E-state index in [1.54, 1.807) is 4.90 Å². The number of rotatable bonds is 5. The maximum atomic E-state index is 12.1. The van der Waals surface area contributed by atoms with Gasteiger partial charge in [-0.1, -0.05) is 24.3 Å². The summed E-state index contributed by atoms with van der Waals surface area (Å²) in [7, 11) is 0. The topological polar surface area (TPSA) is 62.2 Å². The third-order valence-corrected chi connectivity index (χ3v) is 5.30. The van der Waals surface area contributed by atoms with Crippen LogP contribution in [0.5, 0.6) is 0 Å². The molecule has 0 bridgehead atoms. The second-order valence-electron chi connectivity index (χ2n) is 8.91. The lowest BCUT2D eigenvalue weighted by Gasteiger charge is -2.34. The zero-order valence-corrected chi connectivity index (χ0v) is 17.4. The largest absolute Gasteiger partial charge is 0.444 e. The molecule has 156 valence electrons. The summed E-state index contributed by atoms with van der Waals surface area (Å²) in [5.41, 5.74) is 2.31. The number of amides is 1. The van der Waals surface area contributed by atoms with E-state index in [9.17, 15) is 9.90 Å². The average Bonchev–Trinajstić information content (AvgIpc) is 2.65. The summed E-state index contributed by atoms with van der Waals surface area (Å²) in [6.07, 6.45) is 1.94. The number of hydrogen-bond acceptors (Lipinski definition) is 5. The van der Waals surface area contributed by atoms with Crippen LogP contribution in [0.4, 0.5) is 4.79 Å². The lowest BCUT2D eigenvalue weighted by atomic mass is 10.00. The summed E-state index contributed by atoms with van der Waals surface area (Å²) in [6, 6.07) is 8.52. The highest BCUT2D eigenvalue weighted by atomic mass is 16.6. The number of benzene rings is 1. The SMILES string of the molecule is CC(C)(C)OC(=O)N1CCC(OC[C@@H](O)CN2CCc3ccccc3C2)CC1. The zero-order valence-electron chi connectivity index (χ0n) is 17.4. The van der Waals surface area contributed by atoms with Gasteiger partial charge in [-0.25, -0.2) is 4.79 Å². The predicted molar refractivity (Wildman–Crippen MR) is 108 cm³/mol. The van der Waals surface area contributed by atoms with Gasteiger partial charge in [-0.15, -0.1) is 0 Å². The summed E-state index contributed by atoms with van der Waals surface area (Å²) in [4.78, 5) is 16.1. The van der Waals surface area contributed by atoms with E-state index in [1.807, 2.05) is 20.8 Å². The van der Waals surface area contributed by atoms with E-state index >= 15 is 0 Å². The molecule has 1 fully saturated rings. The molecule has 28 heavy (non-hydrogen) atoms. The number of β-amino-alcohol motifs (C(OH)–C–C–N with tert-alkyl or cyclic N) is 1. The first-order chi connectivity index (χ1) is 13.3. The molecule has 1 N–H and O–H groups in total. The van der Waals surface area contributed by atoms with E-state index in [2.05, 4.69) is 29.2 Å². The van der Waals surface area contributed by atoms with Crippen molar-refractivity contribution in [2.45, 2.75) is 64.4 Å². The molecular formula is C22H34N2O4. The van der Waals surface area contributed by atoms with E-state index in [0.29, 0.717) is 26.2 Å². The van der Waals surface area contributed by atoms with Crippen molar-refractivity contribution in [3.05, 3.63) is 35.4 Å². The number of piperidine rings is 1. The van der Waals surface area contributed by atoms with Gasteiger partial charge in [-0.2, -0.15) is 0 Å². The van der Waals surface area contributed by atoms with Crippen LogP contribution in [0.2, 0.25) is 0 Å². The number of aliphatic hydroxyl groups excluding tert-OH is 1. The highest BCUT2D eigenvalue weighted by Crippen LogP contribution is 2.20. The van der Waals surface area contributed by atoms with Gasteiger partial charge in [0.2, 0.25) is 0 Å². The Morgan fingerprint density at radius 2 is 1.86 bits per heavy atom. The summed E-state index contributed by atoms with van der Waals surface area (Å²) in [6.45, 7) is 9.75. The van der Waals surface area contributed by atoms with Gasteiger partial charge >= 0.3 is 6.09 Å². The van der Waals surface area contributed by atoms with Gasteiger partial charge in [0.15, 0.2) is 0 Å². The molecule has 1 aromatic rings. The smallest absolute Gasteiger partial charge is 0.410 e. The maximum absolute atomic E-state index is 12.1. The Hall–Kier alpha value is -1.63. The van der Waals surface area contributed by atoms with Gasteiger partial charge in [0.1, 0.15) is 5.60 Å². The van der Waals surface area contributed by atoms with Gasteiger partial charge in [0.05, 0.1) is 18.8 Å². The van der Waals surface area contributed by atoms with Crippen LogP contribution < -0.4 is 0 Å². The first kappa shape index (κ1) is 21.1. The van der Waals surface area contributed by atoms with Crippen LogP contribution in [0.3, 0.4) is 0 Å². The molecule has 0 spiro atoms. The van der Waals surface area contributed by atoms with Crippen molar-refractivity contribution >= 4 is 6.09 Å². The average molecular weight is 391 g/mol. The van der Waals surface area contributed by atoms with Crippen molar-refractivity contribution < 1.29 is 19.4 Å². The zero-order chi connectivity index (χ0) is 20.1. The number of carbonyl (C=O) groups excluding carboxylic acids is 1. The van der Waals surface area contributed by atoms with E-state index in [0.717, 1.165) is 32.4 Å². The minimum atomic E-state index is -0.492. The molecule has 0 saturated carbocycles. The van der Waals surface area contributed by atoms with E-state index in [4.69, 9.17) is 9.47 Å². The molecule has 1 atom stereocenters. The van der Waals surface area contributed by atoms with Crippen LogP contribution in [-0.4, -0.2) is 71.6 Å². The highest BCUT2D eigenvalue weighted by molar-refractivity contribution is 5.68. The van der Waals surface area contributed by atoms with Crippen molar-refractivity contribution in [3.8, 4) is 0 Å². The number of hydrogen-bond donors (Lipinski definition) is 1. The van der Waals surface area contributed by atoms with E-state index < -0.39 is 11.7 Å². The number of ether oxygens (including phenoxy) is 2. The quantitative estimate of drug-likeness (QED) is 0.838. The first-order valence-corrected chi connectivity index (χ1v) is 10.4. The van der Waals surface area contributed by atoms with Crippen molar-refractivity contribution in [2.24, 2.45) is 0 Å². The molecule has 6 nitrogen and oxygen atoms in total. The van der Waals surface area contributed by atoms with Crippen LogP contribution in [0.15, 0.2) is 24.3 Å². The monoisotopic (exact) mass is 390 g/mol. The van der Waals surface area contributed by atoms with E-state index in [1.165, 1.54) is 11.1 Å². The van der Waals surface area contributed by atoms with Crippen molar-refractivity contribution in [2.75, 3.05) is 32.8 Å². The fraction of sp³-hybridized carbons (Fsp3) is 0.682. The fourth-order valence-corrected chi connectivity index (χ4v) is 3.84. The Balaban J connectivity index is 1.35. The molecule has 0 aliphatic carbocycles. The molecule has 1 amide bonds. The summed E-state index contributed by atoms with van der Waals surface area (Å²) in [5.74, 6) is 0. The number of aliphatic hydroxyl groups is 1. The fourth-order valence-electron chi connectivity index (χ4n) is 3.84. The molecule has 2 aliphatic heterocycles. The van der Waals surface area contributed by atoms with Crippen molar-refractivity contribution in [1.82, 2.24) is 9.80 Å². The number of nitrogens with zero attached hydrogens (tertiary/aromatic N) is 2. The molecule has 0 aromatic heterocycles. The molecule has 2 heterocycles. The lowest BCUT2D eigenvalue weighted by Crippen LogP contribution is -2.44. The molecule has 1 saturated heterocycles. The third-order valence-electron chi connectivity index (χ3n) is 5.30. The summed E-state index contributed by atoms with van der Waals surface area (Å²) < 4.78 is 11.4. The summed E-state index contributed by atoms with van der Waals surface area (Å²) >= 11 is 0. The minimum Gasteiger partial charge on any atom is -0.444 e. The first-order valence-electron chi connectivity index (χ1n) is 10.4. The van der Waals surface area contributed by atoms with Crippen LogP contribution in [0.1, 0.15) is 44.7 Å². The minimum absolute atomic E-state index is 0.0930. The lowest BCUT2D eigenvalue weighted by molar-refractivity contribution is -0.0468. The maximum Gasteiger partial charge on any atom is 0.410 e. The molecule has 2 aliphatic rings. The standard InChI is InChI=1S/C22H34N2O4/c1-22(2,3)28-21(26)24-12-9-20(10-13-24)27-16-19(25)15-23-11-8-17-6-4-5-7-18(17)14-23/h4-7,19-20,25H,8-16H2,1-3H3/t19-/m0/s1. The van der Waals surface area contributed by atoms with Crippen molar-refractivity contribution in [1.29, 1.82) is 0 Å². The van der Waals surface area contributed by atoms with Gasteiger partial charge in [-0.3, -0.25) is 4.90 Å². The Bertz CT molecular complexity index is 650. The van der Waals surface area contributed by atoms with E-state index in [-0.39, 0.29) is 12.2 Å². The molecular weight excluding hydrogens is 356 g/mol. The van der Waals surface area contributed by atoms with Gasteiger partial charge in [0.25, 0.3) is 0 Å². The number of likely N-dealkylation sites (tertiary alicyclic amines) is 1. The van der Waals surface area contributed by atoms with Crippen LogP contribution in [0, 0.1) is 0 Å². The second kappa shape index (κ2) is 9.25. The number of fused-ring (bicyclic) bond motifs is 1. The molecule has 1 aromatic carbocycles. The molecule has 6 heteroatoms. The van der Waals surface area contributed by atoms with Gasteiger partial charge in [-0.05, 0) is 51.2 Å². The Morgan fingerprint density at radius 3 is 2.54 bits per heavy atom. The Labute approximate surface area is 168 Å². The normalized spacial score (nSPS) is 19.9. The molecule has 0 unspecified atom stereocenters. The summed E-state index contributed by atoms with van der Waals surface area (Å²) in [5, 5.41) is 10.4. The van der Waals surface area contributed by atoms with Crippen molar-refractivity contribution in [3.63, 3.8) is 0 Å². The predicted octanol–water partition coefficient (Wildman–Crippen LogP) is 2.82. The van der Waals surface area contributed by atoms with Gasteiger partial charge < -0.3 is 19.5 Å². The van der Waals surface area contributed by atoms with Gasteiger partial charge in [0, 0.05) is 32.7 Å². The third kappa shape index (κ3) is 6.19. The molecule has 3 rings (SSSR count). The second-order valence-corrected chi connectivity index (χ2v) is 8.91. The Morgan fingerprint density at radius 1 is 1.18 bits per heavy atom. The Kier molecular flexibility index (Phi) is 6.96. The van der Waals surface area contributed by atoms with Crippen LogP contribution >= 0.6 is 0 Å². The highest BCUT2D eigenvalue weighted by Gasteiger charge is 2.27. The molecule has 0 radical (unpaired) electrons. The van der Waals surface area contributed by atoms with Crippen LogP contribution in [0.25, 0.3) is 0 Å². The van der Waals surface area contributed by atoms with Crippen LogP contribution in [-0.2, 0) is 22.4 Å².